The third-order valence-electron chi connectivity index (χ3n) is 7.35. The van der Waals surface area contributed by atoms with Crippen molar-refractivity contribution in [3.63, 3.8) is 0 Å². The van der Waals surface area contributed by atoms with Crippen molar-refractivity contribution in [2.24, 2.45) is 7.05 Å². The van der Waals surface area contributed by atoms with Crippen LogP contribution in [0.25, 0.3) is 21.9 Å². The van der Waals surface area contributed by atoms with Gasteiger partial charge in [0.15, 0.2) is 11.2 Å². The van der Waals surface area contributed by atoms with Gasteiger partial charge in [-0.2, -0.15) is 5.26 Å². The van der Waals surface area contributed by atoms with E-state index >= 15 is 0 Å². The number of aryl methyl sites for hydroxylation is 2. The Balaban J connectivity index is 1.79. The zero-order chi connectivity index (χ0) is 27.8. The minimum atomic E-state index is -0.583. The molecule has 2 N–H and O–H groups in total. The molecule has 0 saturated carbocycles. The van der Waals surface area contributed by atoms with Crippen LogP contribution in [0.1, 0.15) is 37.4 Å². The van der Waals surface area contributed by atoms with Gasteiger partial charge in [-0.25, -0.2) is 9.36 Å². The maximum atomic E-state index is 14.1. The summed E-state index contributed by atoms with van der Waals surface area (Å²) in [5, 5.41) is 25.3. The Morgan fingerprint density at radius 1 is 1.18 bits per heavy atom. The second-order valence-corrected chi connectivity index (χ2v) is 10.2. The minimum Gasteiger partial charge on any atom is -0.356 e. The summed E-state index contributed by atoms with van der Waals surface area (Å²) in [4.78, 5) is 34.4. The molecule has 0 bridgehead atoms. The Kier molecular flexibility index (Phi) is 6.97. The lowest BCUT2D eigenvalue weighted by Crippen LogP contribution is -2.46. The monoisotopic (exact) mass is 529 g/mol. The summed E-state index contributed by atoms with van der Waals surface area (Å²) in [6.45, 7) is 8.88. The molecule has 1 aliphatic heterocycles. The van der Waals surface area contributed by atoms with Crippen LogP contribution >= 0.6 is 0 Å². The Labute approximate surface area is 225 Å². The third kappa shape index (κ3) is 4.46. The van der Waals surface area contributed by atoms with Gasteiger partial charge in [-0.05, 0) is 48.7 Å². The highest BCUT2D eigenvalue weighted by Gasteiger charge is 2.29. The molecule has 202 valence electrons. The molecule has 0 aliphatic carbocycles. The van der Waals surface area contributed by atoms with E-state index in [-0.39, 0.29) is 17.9 Å². The van der Waals surface area contributed by atoms with Crippen LogP contribution in [0.3, 0.4) is 0 Å². The highest BCUT2D eigenvalue weighted by molar-refractivity contribution is 5.90. The highest BCUT2D eigenvalue weighted by atomic mass is 16.5. The van der Waals surface area contributed by atoms with E-state index in [0.717, 1.165) is 46.3 Å². The molecule has 4 heterocycles. The van der Waals surface area contributed by atoms with Gasteiger partial charge in [0.2, 0.25) is 0 Å². The first-order chi connectivity index (χ1) is 18.7. The normalized spacial score (nSPS) is 14.0. The molecule has 11 nitrogen and oxygen atoms in total. The van der Waals surface area contributed by atoms with Crippen LogP contribution in [0.5, 0.6) is 0 Å². The number of hydrogen-bond donors (Lipinski definition) is 2. The standard InChI is InChI=1S/C28H33N8O3/c1-18(2)10-14-34-25-24(21(16-29)26(34)33-13-7-11-30-12-15-33)32(4)28(38)35(27(25)37)17-23-31-22-9-6-5-8-20(22)19(3)36(23)39/h5-6,8-10,30,39H,7,11-15,17H2,1-4H3/q+1. The molecule has 1 aliphatic rings. The minimum absolute atomic E-state index is 0.159. The third-order valence-corrected chi connectivity index (χ3v) is 7.35. The van der Waals surface area contributed by atoms with Crippen LogP contribution in [0.15, 0.2) is 45.5 Å². The largest absolute Gasteiger partial charge is 0.357 e. The van der Waals surface area contributed by atoms with Crippen molar-refractivity contribution in [3.05, 3.63) is 73.8 Å². The second kappa shape index (κ2) is 10.4. The van der Waals surface area contributed by atoms with Crippen molar-refractivity contribution in [1.82, 2.24) is 24.0 Å². The molecule has 4 aromatic rings. The molecule has 0 radical (unpaired) electrons. The zero-order valence-electron chi connectivity index (χ0n) is 22.7. The molecule has 0 amide bonds. The summed E-state index contributed by atoms with van der Waals surface area (Å²) >= 11 is 0. The van der Waals surface area contributed by atoms with Crippen molar-refractivity contribution >= 4 is 27.8 Å². The average Bonchev–Trinajstić information content (AvgIpc) is 3.04. The number of hydrogen-bond acceptors (Lipinski definition) is 7. The molecule has 39 heavy (non-hydrogen) atoms. The van der Waals surface area contributed by atoms with Gasteiger partial charge in [0, 0.05) is 40.2 Å². The number of aromatic nitrogens is 5. The molecule has 0 spiro atoms. The summed E-state index contributed by atoms with van der Waals surface area (Å²) in [7, 11) is 1.58. The Morgan fingerprint density at radius 2 is 1.95 bits per heavy atom. The van der Waals surface area contributed by atoms with Crippen LogP contribution in [0.2, 0.25) is 0 Å². The van der Waals surface area contributed by atoms with E-state index in [2.05, 4.69) is 21.3 Å². The van der Waals surface area contributed by atoms with E-state index in [1.165, 1.54) is 4.57 Å². The van der Waals surface area contributed by atoms with Crippen molar-refractivity contribution in [2.75, 3.05) is 31.1 Å². The first-order valence-corrected chi connectivity index (χ1v) is 13.1. The Hall–Kier alpha value is -4.43. The van der Waals surface area contributed by atoms with Crippen LogP contribution in [0.4, 0.5) is 5.82 Å². The van der Waals surface area contributed by atoms with Gasteiger partial charge < -0.3 is 20.0 Å². The van der Waals surface area contributed by atoms with Crippen LogP contribution in [-0.2, 0) is 20.1 Å². The molecule has 1 fully saturated rings. The molecule has 3 aromatic heterocycles. The fourth-order valence-electron chi connectivity index (χ4n) is 5.32. The van der Waals surface area contributed by atoms with Crippen LogP contribution in [-0.4, -0.2) is 50.1 Å². The number of anilines is 1. The number of allylic oxidation sites excluding steroid dienone is 2. The van der Waals surface area contributed by atoms with E-state index in [4.69, 9.17) is 0 Å². The fraction of sp³-hybridized carbons (Fsp3) is 0.393. The second-order valence-electron chi connectivity index (χ2n) is 10.2. The number of rotatable bonds is 5. The van der Waals surface area contributed by atoms with Gasteiger partial charge in [-0.1, -0.05) is 23.8 Å². The number of nitriles is 1. The van der Waals surface area contributed by atoms with Gasteiger partial charge >= 0.3 is 11.5 Å². The Bertz CT molecular complexity index is 1780. The molecule has 1 saturated heterocycles. The van der Waals surface area contributed by atoms with Crippen molar-refractivity contribution < 1.29 is 9.94 Å². The lowest BCUT2D eigenvalue weighted by molar-refractivity contribution is -0.914. The van der Waals surface area contributed by atoms with Gasteiger partial charge in [0.1, 0.15) is 29.5 Å². The molecule has 11 heteroatoms. The Morgan fingerprint density at radius 3 is 2.69 bits per heavy atom. The molecule has 1 aromatic carbocycles. The quantitative estimate of drug-likeness (QED) is 0.228. The predicted octanol–water partition coefficient (Wildman–Crippen LogP) is 1.57. The van der Waals surface area contributed by atoms with E-state index in [0.29, 0.717) is 41.2 Å². The number of nitrogens with one attached hydrogen (secondary N) is 1. The lowest BCUT2D eigenvalue weighted by atomic mass is 10.2. The van der Waals surface area contributed by atoms with Crippen molar-refractivity contribution in [2.45, 2.75) is 40.3 Å². The van der Waals surface area contributed by atoms with E-state index in [1.807, 2.05) is 48.8 Å². The maximum absolute atomic E-state index is 14.1. The highest BCUT2D eigenvalue weighted by Crippen LogP contribution is 2.31. The van der Waals surface area contributed by atoms with Crippen molar-refractivity contribution in [3.8, 4) is 6.07 Å². The summed E-state index contributed by atoms with van der Waals surface area (Å²) in [5.41, 5.74) is 2.07. The number of para-hydroxylation sites is 1. The van der Waals surface area contributed by atoms with E-state index in [1.54, 1.807) is 14.0 Å². The lowest BCUT2D eigenvalue weighted by Gasteiger charge is -2.24. The zero-order valence-corrected chi connectivity index (χ0v) is 22.7. The summed E-state index contributed by atoms with van der Waals surface area (Å²) in [5.74, 6) is 0.807. The first-order valence-electron chi connectivity index (χ1n) is 13.1. The number of benzene rings is 1. The van der Waals surface area contributed by atoms with Gasteiger partial charge in [0.25, 0.3) is 5.56 Å². The smallest absolute Gasteiger partial charge is 0.356 e. The summed E-state index contributed by atoms with van der Waals surface area (Å²) in [6.07, 6.45) is 2.90. The number of fused-ring (bicyclic) bond motifs is 2. The SMILES string of the molecule is CC(C)=CCn1c(N2CCCNCC2)c(C#N)c2c1c(=O)n(Cc1nc3ccccc3c(C)[n+]1O)c(=O)n2C. The van der Waals surface area contributed by atoms with Gasteiger partial charge in [0.05, 0.1) is 10.9 Å². The molecular weight excluding hydrogens is 496 g/mol. The predicted molar refractivity (Wildman–Crippen MR) is 148 cm³/mol. The first kappa shape index (κ1) is 26.2. The van der Waals surface area contributed by atoms with Crippen molar-refractivity contribution in [1.29, 1.82) is 5.26 Å². The molecule has 0 atom stereocenters. The van der Waals surface area contributed by atoms with Gasteiger partial charge in [-0.15, -0.1) is 0 Å². The topological polar surface area (TPSA) is 125 Å². The van der Waals surface area contributed by atoms with Crippen LogP contribution in [0, 0.1) is 18.3 Å². The van der Waals surface area contributed by atoms with Gasteiger partial charge in [-0.3, -0.25) is 9.36 Å². The van der Waals surface area contributed by atoms with E-state index in [9.17, 15) is 20.1 Å². The van der Waals surface area contributed by atoms with E-state index < -0.39 is 11.2 Å². The summed E-state index contributed by atoms with van der Waals surface area (Å²) < 4.78 is 5.23. The molecule has 0 unspecified atom stereocenters. The fourth-order valence-corrected chi connectivity index (χ4v) is 5.32. The summed E-state index contributed by atoms with van der Waals surface area (Å²) in [6, 6.07) is 9.67. The maximum Gasteiger partial charge on any atom is 0.357 e. The molecule has 5 rings (SSSR count). The average molecular weight is 530 g/mol. The van der Waals surface area contributed by atoms with Crippen LogP contribution < -0.4 is 26.2 Å². The number of nitrogens with zero attached hydrogens (tertiary/aromatic N) is 7. The molecular formula is C28H33N8O3+.